The predicted octanol–water partition coefficient (Wildman–Crippen LogP) is 0.323. The van der Waals surface area contributed by atoms with E-state index in [0.29, 0.717) is 12.5 Å². The van der Waals surface area contributed by atoms with E-state index >= 15 is 0 Å². The van der Waals surface area contributed by atoms with Gasteiger partial charge in [0.25, 0.3) is 0 Å². The largest absolute Gasteiger partial charge is 0.391 e. The van der Waals surface area contributed by atoms with Crippen LogP contribution in [0.2, 0.25) is 0 Å². The van der Waals surface area contributed by atoms with Crippen molar-refractivity contribution in [2.45, 2.75) is 32.4 Å². The monoisotopic (exact) mass is 194 g/mol. The van der Waals surface area contributed by atoms with Crippen LogP contribution in [0.25, 0.3) is 0 Å². The van der Waals surface area contributed by atoms with Gasteiger partial charge in [-0.1, -0.05) is 0 Å². The molecule has 1 aromatic rings. The van der Waals surface area contributed by atoms with E-state index in [1.165, 1.54) is 4.57 Å². The number of aliphatic hydroxyl groups excluding tert-OH is 1. The second kappa shape index (κ2) is 3.53. The Hall–Kier alpha value is -1.16. The molecule has 1 fully saturated rings. The van der Waals surface area contributed by atoms with Gasteiger partial charge in [-0.25, -0.2) is 9.78 Å². The molecule has 1 aromatic heterocycles. The lowest BCUT2D eigenvalue weighted by atomic mass is 10.2. The smallest absolute Gasteiger partial charge is 0.347 e. The molecule has 0 aromatic carbocycles. The fourth-order valence-electron chi connectivity index (χ4n) is 1.53. The first kappa shape index (κ1) is 9.40. The van der Waals surface area contributed by atoms with Gasteiger partial charge in [-0.3, -0.25) is 4.57 Å². The Balaban J connectivity index is 2.14. The fourth-order valence-corrected chi connectivity index (χ4v) is 1.53. The molecular formula is C10H14N2O2. The van der Waals surface area contributed by atoms with Crippen LogP contribution in [0.3, 0.4) is 0 Å². The van der Waals surface area contributed by atoms with Crippen LogP contribution in [-0.4, -0.2) is 20.8 Å². The molecule has 1 saturated carbocycles. The summed E-state index contributed by atoms with van der Waals surface area (Å²) in [5.41, 5.74) is 0.655. The molecule has 2 rings (SSSR count). The molecule has 0 radical (unpaired) electrons. The first-order valence-corrected chi connectivity index (χ1v) is 4.88. The van der Waals surface area contributed by atoms with Crippen LogP contribution in [0, 0.1) is 12.8 Å². The number of aryl methyl sites for hydroxylation is 1. The van der Waals surface area contributed by atoms with Gasteiger partial charge in [-0.15, -0.1) is 0 Å². The summed E-state index contributed by atoms with van der Waals surface area (Å²) in [5.74, 6) is 0.391. The molecule has 1 unspecified atom stereocenters. The van der Waals surface area contributed by atoms with E-state index in [1.807, 2.05) is 6.92 Å². The van der Waals surface area contributed by atoms with Gasteiger partial charge in [0.05, 0.1) is 12.6 Å². The van der Waals surface area contributed by atoms with Crippen LogP contribution in [0.1, 0.15) is 18.4 Å². The van der Waals surface area contributed by atoms with Gasteiger partial charge in [-0.2, -0.15) is 0 Å². The molecule has 1 aliphatic rings. The van der Waals surface area contributed by atoms with Crippen molar-refractivity contribution in [2.24, 2.45) is 5.92 Å². The first-order chi connectivity index (χ1) is 6.66. The van der Waals surface area contributed by atoms with Crippen LogP contribution in [0.4, 0.5) is 0 Å². The molecule has 0 amide bonds. The summed E-state index contributed by atoms with van der Waals surface area (Å²) < 4.78 is 1.48. The zero-order valence-corrected chi connectivity index (χ0v) is 8.18. The number of nitrogens with zero attached hydrogens (tertiary/aromatic N) is 2. The second-order valence-electron chi connectivity index (χ2n) is 3.97. The minimum absolute atomic E-state index is 0.282. The van der Waals surface area contributed by atoms with Gasteiger partial charge in [-0.05, 0) is 31.2 Å². The molecule has 0 bridgehead atoms. The first-order valence-electron chi connectivity index (χ1n) is 4.88. The molecule has 14 heavy (non-hydrogen) atoms. The van der Waals surface area contributed by atoms with Crippen molar-refractivity contribution in [3.63, 3.8) is 0 Å². The predicted molar refractivity (Wildman–Crippen MR) is 52.0 cm³/mol. The number of hydrogen-bond acceptors (Lipinski definition) is 3. The number of aromatic nitrogens is 2. The molecule has 1 atom stereocenters. The molecule has 1 N–H and O–H groups in total. The molecule has 1 aliphatic carbocycles. The summed E-state index contributed by atoms with van der Waals surface area (Å²) in [7, 11) is 0. The van der Waals surface area contributed by atoms with Crippen LogP contribution in [0.15, 0.2) is 17.2 Å². The van der Waals surface area contributed by atoms with E-state index in [4.69, 9.17) is 0 Å². The van der Waals surface area contributed by atoms with Crippen molar-refractivity contribution >= 4 is 0 Å². The lowest BCUT2D eigenvalue weighted by Gasteiger charge is -2.10. The Kier molecular flexibility index (Phi) is 2.37. The van der Waals surface area contributed by atoms with E-state index in [0.717, 1.165) is 18.4 Å². The summed E-state index contributed by atoms with van der Waals surface area (Å²) >= 11 is 0. The van der Waals surface area contributed by atoms with Crippen LogP contribution < -0.4 is 5.69 Å². The molecule has 4 heteroatoms. The van der Waals surface area contributed by atoms with E-state index < -0.39 is 6.10 Å². The molecule has 4 nitrogen and oxygen atoms in total. The zero-order chi connectivity index (χ0) is 10.1. The van der Waals surface area contributed by atoms with Crippen molar-refractivity contribution < 1.29 is 5.11 Å². The van der Waals surface area contributed by atoms with Gasteiger partial charge >= 0.3 is 5.69 Å². The highest BCUT2D eigenvalue weighted by Gasteiger charge is 2.29. The van der Waals surface area contributed by atoms with E-state index in [9.17, 15) is 9.90 Å². The normalized spacial score (nSPS) is 18.1. The minimum Gasteiger partial charge on any atom is -0.391 e. The quantitative estimate of drug-likeness (QED) is 0.754. The van der Waals surface area contributed by atoms with Crippen LogP contribution in [0.5, 0.6) is 0 Å². The van der Waals surface area contributed by atoms with Crippen molar-refractivity contribution in [3.8, 4) is 0 Å². The van der Waals surface area contributed by atoms with Gasteiger partial charge in [0.2, 0.25) is 0 Å². The Morgan fingerprint density at radius 1 is 1.71 bits per heavy atom. The molecule has 76 valence electrons. The Morgan fingerprint density at radius 3 is 3.07 bits per heavy atom. The molecule has 0 aliphatic heterocycles. The van der Waals surface area contributed by atoms with Crippen molar-refractivity contribution in [2.75, 3.05) is 0 Å². The average molecular weight is 194 g/mol. The van der Waals surface area contributed by atoms with Crippen LogP contribution >= 0.6 is 0 Å². The summed E-state index contributed by atoms with van der Waals surface area (Å²) in [6.07, 6.45) is 5.05. The standard InChI is InChI=1S/C10H14N2O2/c1-7-4-11-10(14)12(5-7)6-9(13)8-2-3-8/h4-5,8-9,13H,2-3,6H2,1H3. The minimum atomic E-state index is -0.392. The molecule has 1 heterocycles. The second-order valence-corrected chi connectivity index (χ2v) is 3.97. The maximum atomic E-state index is 11.3. The summed E-state index contributed by atoms with van der Waals surface area (Å²) in [5, 5.41) is 9.67. The lowest BCUT2D eigenvalue weighted by Crippen LogP contribution is -2.29. The number of hydrogen-bond donors (Lipinski definition) is 1. The highest BCUT2D eigenvalue weighted by Crippen LogP contribution is 2.32. The molecule has 0 spiro atoms. The third-order valence-corrected chi connectivity index (χ3v) is 2.53. The van der Waals surface area contributed by atoms with Gasteiger partial charge in [0, 0.05) is 12.4 Å². The van der Waals surface area contributed by atoms with E-state index in [1.54, 1.807) is 12.4 Å². The average Bonchev–Trinajstić information content (AvgIpc) is 2.94. The molecule has 0 saturated heterocycles. The lowest BCUT2D eigenvalue weighted by molar-refractivity contribution is 0.129. The zero-order valence-electron chi connectivity index (χ0n) is 8.18. The number of aliphatic hydroxyl groups is 1. The topological polar surface area (TPSA) is 55.1 Å². The summed E-state index contributed by atoms with van der Waals surface area (Å²) in [6, 6.07) is 0. The van der Waals surface area contributed by atoms with Crippen molar-refractivity contribution in [3.05, 3.63) is 28.4 Å². The Bertz CT molecular complexity index is 382. The maximum absolute atomic E-state index is 11.3. The Labute approximate surface area is 82.2 Å². The fraction of sp³-hybridized carbons (Fsp3) is 0.600. The van der Waals surface area contributed by atoms with Crippen LogP contribution in [-0.2, 0) is 6.54 Å². The SMILES string of the molecule is Cc1cnc(=O)n(CC(O)C2CC2)c1. The van der Waals surface area contributed by atoms with E-state index in [2.05, 4.69) is 4.98 Å². The van der Waals surface area contributed by atoms with E-state index in [-0.39, 0.29) is 5.69 Å². The molecular weight excluding hydrogens is 180 g/mol. The van der Waals surface area contributed by atoms with Crippen molar-refractivity contribution in [1.29, 1.82) is 0 Å². The maximum Gasteiger partial charge on any atom is 0.347 e. The van der Waals surface area contributed by atoms with Gasteiger partial charge < -0.3 is 5.11 Å². The van der Waals surface area contributed by atoms with Gasteiger partial charge in [0.15, 0.2) is 0 Å². The third-order valence-electron chi connectivity index (χ3n) is 2.53. The Morgan fingerprint density at radius 2 is 2.43 bits per heavy atom. The van der Waals surface area contributed by atoms with Crippen molar-refractivity contribution in [1.82, 2.24) is 9.55 Å². The summed E-state index contributed by atoms with van der Waals surface area (Å²) in [6.45, 7) is 2.25. The highest BCUT2D eigenvalue weighted by atomic mass is 16.3. The number of rotatable bonds is 3. The third kappa shape index (κ3) is 2.01. The highest BCUT2D eigenvalue weighted by molar-refractivity contribution is 5.00. The summed E-state index contributed by atoms with van der Waals surface area (Å²) in [4.78, 5) is 15.0. The van der Waals surface area contributed by atoms with Gasteiger partial charge in [0.1, 0.15) is 0 Å².